The number of methoxy groups -OCH3 is 1. The first-order valence-electron chi connectivity index (χ1n) is 8.73. The number of benzene rings is 2. The molecule has 1 aliphatic heterocycles. The first-order chi connectivity index (χ1) is 12.7. The molecule has 132 valence electrons. The minimum Gasteiger partial charge on any atom is -0.494 e. The van der Waals surface area contributed by atoms with E-state index in [1.54, 1.807) is 7.11 Å². The second-order valence-corrected chi connectivity index (χ2v) is 6.45. The minimum absolute atomic E-state index is 0.158. The van der Waals surface area contributed by atoms with Gasteiger partial charge in [0.2, 0.25) is 5.91 Å². The molecule has 0 unspecified atom stereocenters. The standard InChI is InChI=1S/C21H21N3O2/c1-14-13-23-21-16(7-5-9-18(21)26-2)20(14)22-10-11-24-17-8-4-3-6-15(17)12-19(24)25/h3-9,13H,10-12H2,1-2H3,(H,22,23). The van der Waals surface area contributed by atoms with Crippen molar-refractivity contribution in [3.05, 3.63) is 59.8 Å². The van der Waals surface area contributed by atoms with Crippen molar-refractivity contribution < 1.29 is 9.53 Å². The number of ether oxygens (including phenoxy) is 1. The van der Waals surface area contributed by atoms with Gasteiger partial charge in [-0.2, -0.15) is 0 Å². The Morgan fingerprint density at radius 1 is 1.19 bits per heavy atom. The molecule has 0 saturated carbocycles. The molecular weight excluding hydrogens is 326 g/mol. The zero-order valence-corrected chi connectivity index (χ0v) is 15.0. The second kappa shape index (κ2) is 6.67. The second-order valence-electron chi connectivity index (χ2n) is 6.45. The van der Waals surface area contributed by atoms with Gasteiger partial charge in [0.05, 0.1) is 13.5 Å². The van der Waals surface area contributed by atoms with Crippen molar-refractivity contribution in [2.24, 2.45) is 0 Å². The maximum Gasteiger partial charge on any atom is 0.231 e. The topological polar surface area (TPSA) is 54.5 Å². The monoisotopic (exact) mass is 347 g/mol. The summed E-state index contributed by atoms with van der Waals surface area (Å²) in [5.41, 5.74) is 5.07. The van der Waals surface area contributed by atoms with E-state index in [1.807, 2.05) is 60.5 Å². The fourth-order valence-electron chi connectivity index (χ4n) is 3.55. The number of hydrogen-bond acceptors (Lipinski definition) is 4. The summed E-state index contributed by atoms with van der Waals surface area (Å²) in [4.78, 5) is 18.7. The predicted molar refractivity (Wildman–Crippen MR) is 104 cm³/mol. The molecule has 0 radical (unpaired) electrons. The number of nitrogens with one attached hydrogen (secondary N) is 1. The summed E-state index contributed by atoms with van der Waals surface area (Å²) in [6.45, 7) is 3.32. The zero-order valence-electron chi connectivity index (χ0n) is 15.0. The van der Waals surface area contributed by atoms with Crippen LogP contribution in [0.15, 0.2) is 48.7 Å². The molecule has 2 aromatic carbocycles. The summed E-state index contributed by atoms with van der Waals surface area (Å²) in [6.07, 6.45) is 2.34. The van der Waals surface area contributed by atoms with Gasteiger partial charge >= 0.3 is 0 Å². The predicted octanol–water partition coefficient (Wildman–Crippen LogP) is 3.55. The molecule has 1 aromatic heterocycles. The van der Waals surface area contributed by atoms with E-state index in [4.69, 9.17) is 4.74 Å². The number of carbonyl (C=O) groups excluding carboxylic acids is 1. The van der Waals surface area contributed by atoms with Crippen molar-refractivity contribution in [2.45, 2.75) is 13.3 Å². The van der Waals surface area contributed by atoms with Crippen LogP contribution in [-0.4, -0.2) is 31.1 Å². The first kappa shape index (κ1) is 16.4. The van der Waals surface area contributed by atoms with Crippen molar-refractivity contribution in [1.82, 2.24) is 4.98 Å². The smallest absolute Gasteiger partial charge is 0.231 e. The third-order valence-corrected chi connectivity index (χ3v) is 4.83. The number of nitrogens with zero attached hydrogens (tertiary/aromatic N) is 2. The molecule has 2 heterocycles. The third kappa shape index (κ3) is 2.75. The Morgan fingerprint density at radius 2 is 2.04 bits per heavy atom. The van der Waals surface area contributed by atoms with Crippen LogP contribution in [-0.2, 0) is 11.2 Å². The van der Waals surface area contributed by atoms with Crippen molar-refractivity contribution >= 4 is 28.2 Å². The zero-order chi connectivity index (χ0) is 18.1. The molecule has 26 heavy (non-hydrogen) atoms. The fourth-order valence-corrected chi connectivity index (χ4v) is 3.55. The fraction of sp³-hybridized carbons (Fsp3) is 0.238. The van der Waals surface area contributed by atoms with E-state index >= 15 is 0 Å². The lowest BCUT2D eigenvalue weighted by molar-refractivity contribution is -0.117. The largest absolute Gasteiger partial charge is 0.494 e. The van der Waals surface area contributed by atoms with Gasteiger partial charge in [-0.1, -0.05) is 30.3 Å². The van der Waals surface area contributed by atoms with E-state index in [1.165, 1.54) is 0 Å². The molecule has 1 N–H and O–H groups in total. The van der Waals surface area contributed by atoms with E-state index in [0.717, 1.165) is 39.2 Å². The SMILES string of the molecule is COc1cccc2c(NCCN3C(=O)Cc4ccccc43)c(C)cnc12. The molecule has 0 saturated heterocycles. The van der Waals surface area contributed by atoms with Crippen LogP contribution in [0.5, 0.6) is 5.75 Å². The Labute approximate surface area is 152 Å². The van der Waals surface area contributed by atoms with Crippen LogP contribution in [0.2, 0.25) is 0 Å². The Hall–Kier alpha value is -3.08. The molecule has 1 aliphatic rings. The quantitative estimate of drug-likeness (QED) is 0.767. The number of para-hydroxylation sites is 2. The molecule has 5 nitrogen and oxygen atoms in total. The Kier molecular flexibility index (Phi) is 4.21. The van der Waals surface area contributed by atoms with Crippen LogP contribution in [0.25, 0.3) is 10.9 Å². The van der Waals surface area contributed by atoms with Gasteiger partial charge in [0, 0.05) is 36.0 Å². The summed E-state index contributed by atoms with van der Waals surface area (Å²) >= 11 is 0. The molecule has 0 fully saturated rings. The number of amides is 1. The normalized spacial score (nSPS) is 13.2. The van der Waals surface area contributed by atoms with Crippen molar-refractivity contribution in [2.75, 3.05) is 30.4 Å². The maximum absolute atomic E-state index is 12.3. The van der Waals surface area contributed by atoms with Gasteiger partial charge in [-0.05, 0) is 30.2 Å². The van der Waals surface area contributed by atoms with E-state index in [2.05, 4.69) is 10.3 Å². The number of aromatic nitrogens is 1. The highest BCUT2D eigenvalue weighted by atomic mass is 16.5. The van der Waals surface area contributed by atoms with Crippen LogP contribution >= 0.6 is 0 Å². The van der Waals surface area contributed by atoms with E-state index in [9.17, 15) is 4.79 Å². The maximum atomic E-state index is 12.3. The summed E-state index contributed by atoms with van der Waals surface area (Å²) in [5.74, 6) is 0.917. The first-order valence-corrected chi connectivity index (χ1v) is 8.73. The van der Waals surface area contributed by atoms with E-state index < -0.39 is 0 Å². The third-order valence-electron chi connectivity index (χ3n) is 4.83. The molecule has 3 aromatic rings. The molecule has 0 aliphatic carbocycles. The van der Waals surface area contributed by atoms with Crippen LogP contribution in [0, 0.1) is 6.92 Å². The van der Waals surface area contributed by atoms with Crippen LogP contribution in [0.3, 0.4) is 0 Å². The van der Waals surface area contributed by atoms with Gasteiger partial charge in [0.25, 0.3) is 0 Å². The highest BCUT2D eigenvalue weighted by molar-refractivity contribution is 6.01. The highest BCUT2D eigenvalue weighted by Crippen LogP contribution is 2.31. The van der Waals surface area contributed by atoms with Crippen LogP contribution in [0.4, 0.5) is 11.4 Å². The average Bonchev–Trinajstić information content (AvgIpc) is 2.98. The Bertz CT molecular complexity index is 984. The highest BCUT2D eigenvalue weighted by Gasteiger charge is 2.26. The number of hydrogen-bond donors (Lipinski definition) is 1. The van der Waals surface area contributed by atoms with E-state index in [-0.39, 0.29) is 5.91 Å². The Balaban J connectivity index is 1.56. The number of carbonyl (C=O) groups is 1. The van der Waals surface area contributed by atoms with Gasteiger partial charge in [0.1, 0.15) is 11.3 Å². The van der Waals surface area contributed by atoms with Gasteiger partial charge in [-0.15, -0.1) is 0 Å². The number of fused-ring (bicyclic) bond motifs is 2. The number of anilines is 2. The summed E-state index contributed by atoms with van der Waals surface area (Å²) in [7, 11) is 1.65. The molecular formula is C21H21N3O2. The molecule has 0 bridgehead atoms. The lowest BCUT2D eigenvalue weighted by Crippen LogP contribution is -2.31. The van der Waals surface area contributed by atoms with E-state index in [0.29, 0.717) is 19.5 Å². The van der Waals surface area contributed by atoms with Crippen molar-refractivity contribution in [1.29, 1.82) is 0 Å². The van der Waals surface area contributed by atoms with Crippen molar-refractivity contribution in [3.8, 4) is 5.75 Å². The van der Waals surface area contributed by atoms with Gasteiger partial charge in [-0.25, -0.2) is 0 Å². The summed E-state index contributed by atoms with van der Waals surface area (Å²) < 4.78 is 5.42. The van der Waals surface area contributed by atoms with Gasteiger partial charge in [0.15, 0.2) is 0 Å². The number of aryl methyl sites for hydroxylation is 1. The van der Waals surface area contributed by atoms with Crippen molar-refractivity contribution in [3.63, 3.8) is 0 Å². The summed E-state index contributed by atoms with van der Waals surface area (Å²) in [6, 6.07) is 13.9. The summed E-state index contributed by atoms with van der Waals surface area (Å²) in [5, 5.41) is 4.52. The minimum atomic E-state index is 0.158. The van der Waals surface area contributed by atoms with Crippen LogP contribution < -0.4 is 15.0 Å². The molecule has 1 amide bonds. The molecule has 4 rings (SSSR count). The van der Waals surface area contributed by atoms with Gasteiger partial charge < -0.3 is 15.0 Å². The lowest BCUT2D eigenvalue weighted by Gasteiger charge is -2.19. The average molecular weight is 347 g/mol. The van der Waals surface area contributed by atoms with Gasteiger partial charge in [-0.3, -0.25) is 9.78 Å². The Morgan fingerprint density at radius 3 is 2.88 bits per heavy atom. The molecule has 0 spiro atoms. The number of rotatable bonds is 5. The molecule has 0 atom stereocenters. The van der Waals surface area contributed by atoms with Crippen LogP contribution in [0.1, 0.15) is 11.1 Å². The number of pyridine rings is 1. The lowest BCUT2D eigenvalue weighted by atomic mass is 10.1. The molecule has 5 heteroatoms.